The highest BCUT2D eigenvalue weighted by Crippen LogP contribution is 2.27. The van der Waals surface area contributed by atoms with Gasteiger partial charge in [-0.05, 0) is 31.5 Å². The van der Waals surface area contributed by atoms with Gasteiger partial charge in [0, 0.05) is 30.8 Å². The topological polar surface area (TPSA) is 34.1 Å². The maximum atomic E-state index is 13.4. The zero-order chi connectivity index (χ0) is 13.1. The van der Waals surface area contributed by atoms with E-state index in [1.807, 2.05) is 19.9 Å². The van der Waals surface area contributed by atoms with E-state index in [0.717, 1.165) is 28.9 Å². The Morgan fingerprint density at radius 3 is 2.78 bits per heavy atom. The van der Waals surface area contributed by atoms with Gasteiger partial charge in [0.1, 0.15) is 5.82 Å². The quantitative estimate of drug-likeness (QED) is 0.901. The van der Waals surface area contributed by atoms with Crippen molar-refractivity contribution in [2.75, 3.05) is 19.0 Å². The van der Waals surface area contributed by atoms with Gasteiger partial charge in [-0.3, -0.25) is 4.98 Å². The monoisotopic (exact) mass is 248 g/mol. The largest absolute Gasteiger partial charge is 0.385 e. The van der Waals surface area contributed by atoms with Gasteiger partial charge >= 0.3 is 0 Å². The number of pyridine rings is 1. The summed E-state index contributed by atoms with van der Waals surface area (Å²) in [6.45, 7) is 5.15. The van der Waals surface area contributed by atoms with Crippen LogP contribution in [0.25, 0.3) is 10.9 Å². The number of aromatic nitrogens is 1. The van der Waals surface area contributed by atoms with Gasteiger partial charge in [0.2, 0.25) is 0 Å². The summed E-state index contributed by atoms with van der Waals surface area (Å²) in [6.07, 6.45) is 0. The first kappa shape index (κ1) is 12.8. The molecule has 96 valence electrons. The summed E-state index contributed by atoms with van der Waals surface area (Å²) in [5, 5.41) is 4.26. The van der Waals surface area contributed by atoms with Crippen LogP contribution in [0.2, 0.25) is 0 Å². The van der Waals surface area contributed by atoms with E-state index in [1.54, 1.807) is 7.11 Å². The first-order valence-corrected chi connectivity index (χ1v) is 5.98. The molecule has 2 aromatic rings. The van der Waals surface area contributed by atoms with E-state index in [0.29, 0.717) is 12.1 Å². The molecule has 1 aromatic heterocycles. The molecule has 1 N–H and O–H groups in total. The van der Waals surface area contributed by atoms with Crippen molar-refractivity contribution in [3.05, 3.63) is 35.3 Å². The van der Waals surface area contributed by atoms with Crippen molar-refractivity contribution in [2.45, 2.75) is 20.5 Å². The van der Waals surface area contributed by atoms with Crippen LogP contribution in [0.3, 0.4) is 0 Å². The van der Waals surface area contributed by atoms with Crippen LogP contribution >= 0.6 is 0 Å². The highest BCUT2D eigenvalue weighted by Gasteiger charge is 2.09. The van der Waals surface area contributed by atoms with Crippen LogP contribution in [-0.2, 0) is 11.3 Å². The Labute approximate surface area is 106 Å². The van der Waals surface area contributed by atoms with Crippen molar-refractivity contribution in [1.29, 1.82) is 0 Å². The predicted octanol–water partition coefficient (Wildman–Crippen LogP) is 3.26. The Kier molecular flexibility index (Phi) is 3.77. The Morgan fingerprint density at radius 1 is 1.33 bits per heavy atom. The smallest absolute Gasteiger partial charge is 0.125 e. The fourth-order valence-electron chi connectivity index (χ4n) is 2.14. The molecule has 0 spiro atoms. The van der Waals surface area contributed by atoms with E-state index in [-0.39, 0.29) is 5.82 Å². The van der Waals surface area contributed by atoms with E-state index >= 15 is 0 Å². The summed E-state index contributed by atoms with van der Waals surface area (Å²) in [6, 6.07) is 4.95. The number of nitrogens with one attached hydrogen (secondary N) is 1. The lowest BCUT2D eigenvalue weighted by Gasteiger charge is -2.12. The molecule has 0 aliphatic carbocycles. The van der Waals surface area contributed by atoms with Crippen molar-refractivity contribution >= 4 is 16.6 Å². The zero-order valence-corrected chi connectivity index (χ0v) is 10.9. The molecule has 2 rings (SSSR count). The molecule has 0 aliphatic rings. The van der Waals surface area contributed by atoms with Crippen molar-refractivity contribution in [2.24, 2.45) is 0 Å². The maximum absolute atomic E-state index is 13.4. The van der Waals surface area contributed by atoms with E-state index in [2.05, 4.69) is 10.3 Å². The Balaban J connectivity index is 2.68. The first-order chi connectivity index (χ1) is 8.65. The second kappa shape index (κ2) is 5.31. The van der Waals surface area contributed by atoms with Gasteiger partial charge in [-0.25, -0.2) is 4.39 Å². The predicted molar refractivity (Wildman–Crippen MR) is 71.3 cm³/mol. The average molecular weight is 248 g/mol. The Hall–Kier alpha value is -1.68. The number of hydrogen-bond acceptors (Lipinski definition) is 3. The lowest BCUT2D eigenvalue weighted by atomic mass is 10.1. The molecule has 0 fully saturated rings. The number of ether oxygens (including phenoxy) is 1. The lowest BCUT2D eigenvalue weighted by Crippen LogP contribution is -2.02. The molecule has 4 heteroatoms. The summed E-state index contributed by atoms with van der Waals surface area (Å²) < 4.78 is 18.5. The van der Waals surface area contributed by atoms with E-state index < -0.39 is 0 Å². The van der Waals surface area contributed by atoms with Gasteiger partial charge in [-0.2, -0.15) is 0 Å². The van der Waals surface area contributed by atoms with Gasteiger partial charge in [-0.1, -0.05) is 0 Å². The molecule has 0 atom stereocenters. The third kappa shape index (κ3) is 2.43. The van der Waals surface area contributed by atoms with E-state index in [1.165, 1.54) is 12.1 Å². The van der Waals surface area contributed by atoms with Crippen LogP contribution in [-0.4, -0.2) is 18.6 Å². The molecule has 0 aliphatic heterocycles. The summed E-state index contributed by atoms with van der Waals surface area (Å²) in [5.74, 6) is -0.260. The number of halogens is 1. The molecular weight excluding hydrogens is 231 g/mol. The number of fused-ring (bicyclic) bond motifs is 1. The van der Waals surface area contributed by atoms with Gasteiger partial charge in [-0.15, -0.1) is 0 Å². The van der Waals surface area contributed by atoms with Gasteiger partial charge in [0.15, 0.2) is 0 Å². The fraction of sp³-hybridized carbons (Fsp3) is 0.357. The molecule has 18 heavy (non-hydrogen) atoms. The second-order valence-electron chi connectivity index (χ2n) is 4.24. The normalized spacial score (nSPS) is 10.9. The third-order valence-electron chi connectivity index (χ3n) is 2.78. The lowest BCUT2D eigenvalue weighted by molar-refractivity contribution is 0.182. The maximum Gasteiger partial charge on any atom is 0.125 e. The summed E-state index contributed by atoms with van der Waals surface area (Å²) in [5.41, 5.74) is 3.33. The SMILES string of the molecule is CCNc1cc(COC)nc2cc(F)cc(C)c12. The number of nitrogens with zero attached hydrogens (tertiary/aromatic N) is 1. The third-order valence-corrected chi connectivity index (χ3v) is 2.78. The van der Waals surface area contributed by atoms with Gasteiger partial charge in [0.25, 0.3) is 0 Å². The van der Waals surface area contributed by atoms with Crippen molar-refractivity contribution in [1.82, 2.24) is 4.98 Å². The van der Waals surface area contributed by atoms with Gasteiger partial charge in [0.05, 0.1) is 17.8 Å². The minimum absolute atomic E-state index is 0.260. The van der Waals surface area contributed by atoms with Crippen LogP contribution < -0.4 is 5.32 Å². The van der Waals surface area contributed by atoms with Crippen LogP contribution in [0.15, 0.2) is 18.2 Å². The highest BCUT2D eigenvalue weighted by atomic mass is 19.1. The fourth-order valence-corrected chi connectivity index (χ4v) is 2.14. The number of anilines is 1. The minimum Gasteiger partial charge on any atom is -0.385 e. The molecule has 0 unspecified atom stereocenters. The van der Waals surface area contributed by atoms with Crippen molar-refractivity contribution < 1.29 is 9.13 Å². The molecule has 0 saturated carbocycles. The molecule has 3 nitrogen and oxygen atoms in total. The minimum atomic E-state index is -0.260. The molecule has 1 aromatic carbocycles. The van der Waals surface area contributed by atoms with Crippen LogP contribution in [0.4, 0.5) is 10.1 Å². The Bertz CT molecular complexity index is 569. The summed E-state index contributed by atoms with van der Waals surface area (Å²) in [4.78, 5) is 4.42. The Morgan fingerprint density at radius 2 is 2.11 bits per heavy atom. The molecular formula is C14H17FN2O. The van der Waals surface area contributed by atoms with Crippen LogP contribution in [0, 0.1) is 12.7 Å². The molecule has 1 heterocycles. The highest BCUT2D eigenvalue weighted by molar-refractivity contribution is 5.94. The first-order valence-electron chi connectivity index (χ1n) is 5.98. The number of hydrogen-bond donors (Lipinski definition) is 1. The molecule has 0 amide bonds. The number of aryl methyl sites for hydroxylation is 1. The van der Waals surface area contributed by atoms with Crippen LogP contribution in [0.5, 0.6) is 0 Å². The van der Waals surface area contributed by atoms with Crippen molar-refractivity contribution in [3.63, 3.8) is 0 Å². The van der Waals surface area contributed by atoms with E-state index in [9.17, 15) is 4.39 Å². The number of methoxy groups -OCH3 is 1. The molecule has 0 bridgehead atoms. The summed E-state index contributed by atoms with van der Waals surface area (Å²) >= 11 is 0. The zero-order valence-electron chi connectivity index (χ0n) is 10.9. The number of benzene rings is 1. The van der Waals surface area contributed by atoms with E-state index in [4.69, 9.17) is 4.74 Å². The van der Waals surface area contributed by atoms with Gasteiger partial charge < -0.3 is 10.1 Å². The standard InChI is InChI=1S/C14H17FN2O/c1-4-16-12-7-11(8-18-3)17-13-6-10(15)5-9(2)14(12)13/h5-7H,4,8H2,1-3H3,(H,16,17). The number of rotatable bonds is 4. The summed E-state index contributed by atoms with van der Waals surface area (Å²) in [7, 11) is 1.62. The van der Waals surface area contributed by atoms with Crippen LogP contribution in [0.1, 0.15) is 18.2 Å². The average Bonchev–Trinajstić information content (AvgIpc) is 2.28. The second-order valence-corrected chi connectivity index (χ2v) is 4.24. The molecule has 0 radical (unpaired) electrons. The molecule has 0 saturated heterocycles. The van der Waals surface area contributed by atoms with Crippen molar-refractivity contribution in [3.8, 4) is 0 Å².